The molecule has 2 heterocycles. The van der Waals surface area contributed by atoms with Crippen LogP contribution in [-0.4, -0.2) is 20.4 Å². The number of aromatic nitrogens is 2. The molecule has 4 rings (SSSR count). The van der Waals surface area contributed by atoms with Crippen molar-refractivity contribution >= 4 is 20.6 Å². The van der Waals surface area contributed by atoms with Crippen LogP contribution in [0.2, 0.25) is 0 Å². The van der Waals surface area contributed by atoms with E-state index in [1.54, 1.807) is 23.8 Å². The zero-order valence-electron chi connectivity index (χ0n) is 18.3. The quantitative estimate of drug-likeness (QED) is 0.419. The number of hydrogen-bond donors (Lipinski definition) is 1. The molecule has 0 aliphatic carbocycles. The van der Waals surface area contributed by atoms with E-state index in [0.29, 0.717) is 9.92 Å². The van der Waals surface area contributed by atoms with E-state index < -0.39 is 9.25 Å². The summed E-state index contributed by atoms with van der Waals surface area (Å²) in [6, 6.07) is 19.7. The summed E-state index contributed by atoms with van der Waals surface area (Å²) in [6.45, 7) is 6.11. The molecule has 2 N–H and O–H groups in total. The Morgan fingerprint density at radius 1 is 1.00 bits per heavy atom. The number of rotatable bonds is 5. The van der Waals surface area contributed by atoms with Crippen molar-refractivity contribution in [3.63, 3.8) is 0 Å². The van der Waals surface area contributed by atoms with Crippen LogP contribution >= 0.6 is 11.3 Å². The Balaban J connectivity index is 1.90. The highest BCUT2D eigenvalue weighted by molar-refractivity contribution is 8.17. The maximum absolute atomic E-state index is 14.2. The van der Waals surface area contributed by atoms with Crippen molar-refractivity contribution in [2.45, 2.75) is 37.1 Å². The Hall–Kier alpha value is -2.67. The van der Waals surface area contributed by atoms with Crippen LogP contribution in [0.25, 0.3) is 21.7 Å². The fraction of sp³-hybridized carbons (Fsp3) is 0.200. The second-order valence-electron chi connectivity index (χ2n) is 8.07. The Labute approximate surface area is 187 Å². The summed E-state index contributed by atoms with van der Waals surface area (Å²) in [7, 11) is -3.84. The molecule has 0 bridgehead atoms. The zero-order chi connectivity index (χ0) is 22.2. The van der Waals surface area contributed by atoms with Gasteiger partial charge >= 0.3 is 0 Å². The lowest BCUT2D eigenvalue weighted by molar-refractivity contribution is 0.655. The van der Waals surface area contributed by atoms with Crippen LogP contribution < -0.4 is 5.14 Å². The molecule has 0 saturated heterocycles. The van der Waals surface area contributed by atoms with E-state index in [0.717, 1.165) is 38.7 Å². The molecule has 31 heavy (non-hydrogen) atoms. The predicted molar refractivity (Wildman–Crippen MR) is 131 cm³/mol. The maximum atomic E-state index is 14.2. The lowest BCUT2D eigenvalue weighted by Gasteiger charge is -2.35. The molecule has 2 aromatic heterocycles. The molecular weight excluding hydrogens is 422 g/mol. The van der Waals surface area contributed by atoms with Gasteiger partial charge < -0.3 is 0 Å². The monoisotopic (exact) mass is 449 g/mol. The Kier molecular flexibility index (Phi) is 5.41. The van der Waals surface area contributed by atoms with E-state index in [1.807, 2.05) is 49.4 Å². The highest BCUT2D eigenvalue weighted by atomic mass is 32.3. The van der Waals surface area contributed by atoms with Gasteiger partial charge in [-0.05, 0) is 55.7 Å². The van der Waals surface area contributed by atoms with Crippen molar-refractivity contribution in [1.29, 1.82) is 0 Å². The summed E-state index contributed by atoms with van der Waals surface area (Å²) < 4.78 is 14.2. The normalized spacial score (nSPS) is 13.0. The lowest BCUT2D eigenvalue weighted by atomic mass is 10.1. The molecule has 160 valence electrons. The van der Waals surface area contributed by atoms with Crippen LogP contribution in [0.15, 0.2) is 76.8 Å². The van der Waals surface area contributed by atoms with Crippen molar-refractivity contribution in [3.8, 4) is 21.7 Å². The minimum Gasteiger partial charge on any atom is -0.263 e. The van der Waals surface area contributed by atoms with Gasteiger partial charge in [0.25, 0.3) is 0 Å². The van der Waals surface area contributed by atoms with Crippen LogP contribution in [0, 0.1) is 13.8 Å². The molecule has 0 amide bonds. The maximum Gasteiger partial charge on any atom is 0.122 e. The van der Waals surface area contributed by atoms with E-state index in [9.17, 15) is 4.21 Å². The number of thiazole rings is 1. The van der Waals surface area contributed by atoms with E-state index in [-0.39, 0.29) is 0 Å². The van der Waals surface area contributed by atoms with Gasteiger partial charge in [-0.25, -0.2) is 9.97 Å². The first-order valence-electron chi connectivity index (χ1n) is 10.2. The van der Waals surface area contributed by atoms with Crippen molar-refractivity contribution in [2.24, 2.45) is 5.14 Å². The van der Waals surface area contributed by atoms with Crippen LogP contribution in [0.5, 0.6) is 0 Å². The van der Waals surface area contributed by atoms with Gasteiger partial charge in [-0.1, -0.05) is 48.9 Å². The zero-order valence-corrected chi connectivity index (χ0v) is 19.9. The van der Waals surface area contributed by atoms with Crippen molar-refractivity contribution in [2.75, 3.05) is 6.26 Å². The van der Waals surface area contributed by atoms with Gasteiger partial charge in [0.15, 0.2) is 0 Å². The van der Waals surface area contributed by atoms with E-state index >= 15 is 0 Å². The largest absolute Gasteiger partial charge is 0.263 e. The number of aryl methyl sites for hydroxylation is 3. The summed E-state index contributed by atoms with van der Waals surface area (Å²) in [6.07, 6.45) is 4.16. The molecule has 0 aliphatic heterocycles. The first-order valence-corrected chi connectivity index (χ1v) is 13.5. The number of benzene rings is 2. The average Bonchev–Trinajstić information content (AvgIpc) is 3.18. The summed E-state index contributed by atoms with van der Waals surface area (Å²) in [4.78, 5) is 11.0. The molecular formula is C25H27N3OS2. The fourth-order valence-corrected chi connectivity index (χ4v) is 7.04. The highest BCUT2D eigenvalue weighted by Gasteiger charge is 2.34. The SMILES string of the molecule is CCc1nc(-c2cccc(C)c2)c(-c2ccnc(S(C)(N)(=O)c3ccccc3C)c2)s1. The number of hydrogen-bond acceptors (Lipinski definition) is 4. The fourth-order valence-electron chi connectivity index (χ4n) is 3.77. The van der Waals surface area contributed by atoms with Gasteiger partial charge in [0.1, 0.15) is 5.03 Å². The molecule has 6 heteroatoms. The molecule has 0 spiro atoms. The molecule has 0 aliphatic rings. The molecule has 4 aromatic rings. The van der Waals surface area contributed by atoms with E-state index in [4.69, 9.17) is 10.1 Å². The smallest absolute Gasteiger partial charge is 0.122 e. The predicted octanol–water partition coefficient (Wildman–Crippen LogP) is 5.79. The lowest BCUT2D eigenvalue weighted by Crippen LogP contribution is -2.43. The minimum absolute atomic E-state index is 0.394. The van der Waals surface area contributed by atoms with Crippen LogP contribution in [0.1, 0.15) is 23.1 Å². The third kappa shape index (κ3) is 3.99. The molecule has 0 fully saturated rings. The molecule has 0 atom stereocenters. The molecule has 2 aromatic carbocycles. The molecule has 4 nitrogen and oxygen atoms in total. The Bertz CT molecular complexity index is 1330. The standard InChI is InChI=1S/C25H27N3OS2/c1-5-22-28-24(19-11-8-9-17(2)15-19)25(30-22)20-13-14-27-23(16-20)31(4,26,29)21-12-7-6-10-18(21)3/h6-16H,5H2,1-4H3,(H2,26,29). The third-order valence-electron chi connectivity index (χ3n) is 5.42. The van der Waals surface area contributed by atoms with Crippen LogP contribution in [-0.2, 0) is 15.7 Å². The minimum atomic E-state index is -3.84. The summed E-state index contributed by atoms with van der Waals surface area (Å²) in [5, 5.41) is 8.08. The summed E-state index contributed by atoms with van der Waals surface area (Å²) in [5.74, 6) is 0. The molecule has 0 unspecified atom stereocenters. The Morgan fingerprint density at radius 2 is 1.77 bits per heavy atom. The van der Waals surface area contributed by atoms with Gasteiger partial charge in [0.2, 0.25) is 0 Å². The average molecular weight is 450 g/mol. The summed E-state index contributed by atoms with van der Waals surface area (Å²) in [5.41, 5.74) is 5.02. The van der Waals surface area contributed by atoms with Gasteiger partial charge in [-0.3, -0.25) is 9.35 Å². The molecule has 0 saturated carbocycles. The topological polar surface area (TPSA) is 68.9 Å². The number of pyridine rings is 1. The van der Waals surface area contributed by atoms with Gasteiger partial charge in [-0.15, -0.1) is 11.3 Å². The number of nitrogens with two attached hydrogens (primary N) is 1. The first-order chi connectivity index (χ1) is 14.7. The second-order valence-corrected chi connectivity index (χ2v) is 12.8. The van der Waals surface area contributed by atoms with E-state index in [1.165, 1.54) is 5.56 Å². The Morgan fingerprint density at radius 3 is 2.48 bits per heavy atom. The third-order valence-corrected chi connectivity index (χ3v) is 9.49. The highest BCUT2D eigenvalue weighted by Crippen LogP contribution is 2.41. The molecule has 0 radical (unpaired) electrons. The number of nitrogens with zero attached hydrogens (tertiary/aromatic N) is 2. The van der Waals surface area contributed by atoms with Gasteiger partial charge in [0.05, 0.1) is 15.6 Å². The van der Waals surface area contributed by atoms with Gasteiger partial charge in [-0.2, -0.15) is 0 Å². The van der Waals surface area contributed by atoms with E-state index in [2.05, 4.69) is 37.0 Å². The van der Waals surface area contributed by atoms with Crippen LogP contribution in [0.4, 0.5) is 0 Å². The van der Waals surface area contributed by atoms with Crippen LogP contribution in [0.3, 0.4) is 0 Å². The first kappa shape index (κ1) is 21.6. The van der Waals surface area contributed by atoms with Gasteiger partial charge in [0, 0.05) is 32.2 Å². The van der Waals surface area contributed by atoms with Crippen molar-refractivity contribution < 1.29 is 4.21 Å². The summed E-state index contributed by atoms with van der Waals surface area (Å²) >= 11 is 1.66. The van der Waals surface area contributed by atoms with Crippen molar-refractivity contribution in [1.82, 2.24) is 9.97 Å². The van der Waals surface area contributed by atoms with Crippen molar-refractivity contribution in [3.05, 3.63) is 83.0 Å². The second kappa shape index (κ2) is 7.79.